The molecule has 0 spiro atoms. The Hall–Kier alpha value is -1.97. The molecule has 1 N–H and O–H groups in total. The summed E-state index contributed by atoms with van der Waals surface area (Å²) in [7, 11) is -3.51. The lowest BCUT2D eigenvalue weighted by molar-refractivity contribution is -0.118. The minimum atomic E-state index is -3.51. The van der Waals surface area contributed by atoms with Crippen LogP contribution in [0.2, 0.25) is 0 Å². The first-order valence-corrected chi connectivity index (χ1v) is 11.1. The number of hydrogen-bond acceptors (Lipinski definition) is 4. The molecule has 5 nitrogen and oxygen atoms in total. The summed E-state index contributed by atoms with van der Waals surface area (Å²) in [6.07, 6.45) is 0. The van der Waals surface area contributed by atoms with Crippen molar-refractivity contribution < 1.29 is 22.0 Å². The normalized spacial score (nSPS) is 11.6. The molecule has 0 aliphatic carbocycles. The lowest BCUT2D eigenvalue weighted by atomic mass is 10.2. The minimum Gasteiger partial charge on any atom is -0.351 e. The quantitative estimate of drug-likeness (QED) is 0.622. The molecule has 1 amide bonds. The molecule has 0 aromatic heterocycles. The van der Waals surface area contributed by atoms with Crippen molar-refractivity contribution in [2.45, 2.75) is 30.2 Å². The SMILES string of the molecule is CCN(CC)S(=O)(=O)c1ccc(CNC(=O)CSc2ccc(F)c(F)c2)cc1. The molecule has 0 heterocycles. The second-order valence-corrected chi connectivity index (χ2v) is 8.86. The molecule has 28 heavy (non-hydrogen) atoms. The van der Waals surface area contributed by atoms with Gasteiger partial charge >= 0.3 is 0 Å². The Balaban J connectivity index is 1.88. The van der Waals surface area contributed by atoms with Crippen molar-refractivity contribution in [1.82, 2.24) is 9.62 Å². The first-order chi connectivity index (χ1) is 13.3. The van der Waals surface area contributed by atoms with Crippen molar-refractivity contribution in [1.29, 1.82) is 0 Å². The van der Waals surface area contributed by atoms with Gasteiger partial charge in [0.1, 0.15) is 0 Å². The molecule has 9 heteroatoms. The predicted octanol–water partition coefficient (Wildman–Crippen LogP) is 3.40. The van der Waals surface area contributed by atoms with E-state index in [-0.39, 0.29) is 23.1 Å². The highest BCUT2D eigenvalue weighted by molar-refractivity contribution is 8.00. The van der Waals surface area contributed by atoms with E-state index in [2.05, 4.69) is 5.32 Å². The van der Waals surface area contributed by atoms with Gasteiger partial charge in [-0.1, -0.05) is 26.0 Å². The van der Waals surface area contributed by atoms with Gasteiger partial charge in [-0.2, -0.15) is 4.31 Å². The van der Waals surface area contributed by atoms with Gasteiger partial charge in [0.15, 0.2) is 11.6 Å². The van der Waals surface area contributed by atoms with Crippen LogP contribution in [0.15, 0.2) is 52.3 Å². The summed E-state index contributed by atoms with van der Waals surface area (Å²) in [5.74, 6) is -2.10. The highest BCUT2D eigenvalue weighted by Gasteiger charge is 2.21. The summed E-state index contributed by atoms with van der Waals surface area (Å²) < 4.78 is 52.3. The Kier molecular flexibility index (Phi) is 7.97. The van der Waals surface area contributed by atoms with Crippen LogP contribution in [-0.2, 0) is 21.4 Å². The third kappa shape index (κ3) is 5.76. The molecule has 0 atom stereocenters. The molecular formula is C19H22F2N2O3S2. The Bertz CT molecular complexity index is 915. The standard InChI is InChI=1S/C19H22F2N2O3S2/c1-3-23(4-2)28(25,26)16-8-5-14(6-9-16)12-22-19(24)13-27-15-7-10-17(20)18(21)11-15/h5-11H,3-4,12-13H2,1-2H3,(H,22,24). The second kappa shape index (κ2) is 9.99. The number of hydrogen-bond donors (Lipinski definition) is 1. The maximum Gasteiger partial charge on any atom is 0.243 e. The highest BCUT2D eigenvalue weighted by Crippen LogP contribution is 2.20. The van der Waals surface area contributed by atoms with Crippen molar-refractivity contribution in [2.24, 2.45) is 0 Å². The van der Waals surface area contributed by atoms with Crippen LogP contribution in [0.5, 0.6) is 0 Å². The molecule has 0 saturated carbocycles. The van der Waals surface area contributed by atoms with Crippen molar-refractivity contribution in [3.63, 3.8) is 0 Å². The average molecular weight is 429 g/mol. The van der Waals surface area contributed by atoms with Gasteiger partial charge in [0.25, 0.3) is 0 Å². The van der Waals surface area contributed by atoms with Gasteiger partial charge in [-0.25, -0.2) is 17.2 Å². The van der Waals surface area contributed by atoms with Crippen LogP contribution in [0.25, 0.3) is 0 Å². The third-order valence-electron chi connectivity index (χ3n) is 4.02. The topological polar surface area (TPSA) is 66.5 Å². The van der Waals surface area contributed by atoms with Gasteiger partial charge in [0, 0.05) is 24.5 Å². The van der Waals surface area contributed by atoms with Crippen LogP contribution in [0.4, 0.5) is 8.78 Å². The van der Waals surface area contributed by atoms with Crippen LogP contribution in [0.1, 0.15) is 19.4 Å². The van der Waals surface area contributed by atoms with Crippen LogP contribution < -0.4 is 5.32 Å². The lowest BCUT2D eigenvalue weighted by Gasteiger charge is -2.18. The van der Waals surface area contributed by atoms with E-state index in [1.54, 1.807) is 26.0 Å². The molecule has 0 radical (unpaired) electrons. The fourth-order valence-corrected chi connectivity index (χ4v) is 4.67. The first-order valence-electron chi connectivity index (χ1n) is 8.71. The maximum atomic E-state index is 13.2. The molecule has 2 rings (SSSR count). The summed E-state index contributed by atoms with van der Waals surface area (Å²) in [5.41, 5.74) is 0.754. The van der Waals surface area contributed by atoms with E-state index in [1.807, 2.05) is 0 Å². The van der Waals surface area contributed by atoms with Crippen LogP contribution >= 0.6 is 11.8 Å². The zero-order chi connectivity index (χ0) is 20.7. The molecule has 152 valence electrons. The van der Waals surface area contributed by atoms with E-state index in [1.165, 1.54) is 22.5 Å². The van der Waals surface area contributed by atoms with Crippen molar-refractivity contribution >= 4 is 27.7 Å². The Morgan fingerprint density at radius 2 is 1.68 bits per heavy atom. The van der Waals surface area contributed by atoms with E-state index in [0.29, 0.717) is 18.0 Å². The molecular weight excluding hydrogens is 406 g/mol. The molecule has 0 fully saturated rings. The molecule has 2 aromatic carbocycles. The Labute approximate surface area is 168 Å². The summed E-state index contributed by atoms with van der Waals surface area (Å²) in [6, 6.07) is 9.81. The summed E-state index contributed by atoms with van der Waals surface area (Å²) in [6.45, 7) is 4.59. The fraction of sp³-hybridized carbons (Fsp3) is 0.316. The number of carbonyl (C=O) groups is 1. The van der Waals surface area contributed by atoms with Crippen molar-refractivity contribution in [3.8, 4) is 0 Å². The Morgan fingerprint density at radius 1 is 1.04 bits per heavy atom. The van der Waals surface area contributed by atoms with Gasteiger partial charge in [-0.3, -0.25) is 4.79 Å². The molecule has 0 aliphatic rings. The van der Waals surface area contributed by atoms with Gasteiger partial charge < -0.3 is 5.32 Å². The monoisotopic (exact) mass is 428 g/mol. The molecule has 0 bridgehead atoms. The van der Waals surface area contributed by atoms with Crippen LogP contribution in [-0.4, -0.2) is 37.5 Å². The number of rotatable bonds is 9. The van der Waals surface area contributed by atoms with Gasteiger partial charge in [0.2, 0.25) is 15.9 Å². The Morgan fingerprint density at radius 3 is 2.25 bits per heavy atom. The minimum absolute atomic E-state index is 0.0551. The van der Waals surface area contributed by atoms with E-state index in [0.717, 1.165) is 29.5 Å². The van der Waals surface area contributed by atoms with Gasteiger partial charge in [-0.15, -0.1) is 11.8 Å². The molecule has 2 aromatic rings. The number of amides is 1. The predicted molar refractivity (Wildman–Crippen MR) is 105 cm³/mol. The highest BCUT2D eigenvalue weighted by atomic mass is 32.2. The molecule has 0 saturated heterocycles. The summed E-state index contributed by atoms with van der Waals surface area (Å²) >= 11 is 1.10. The summed E-state index contributed by atoms with van der Waals surface area (Å²) in [4.78, 5) is 12.6. The van der Waals surface area contributed by atoms with Crippen LogP contribution in [0.3, 0.4) is 0 Å². The zero-order valence-corrected chi connectivity index (χ0v) is 17.2. The lowest BCUT2D eigenvalue weighted by Crippen LogP contribution is -2.30. The van der Waals surface area contributed by atoms with Gasteiger partial charge in [0.05, 0.1) is 10.6 Å². The van der Waals surface area contributed by atoms with E-state index < -0.39 is 21.7 Å². The fourth-order valence-electron chi connectivity index (χ4n) is 2.46. The maximum absolute atomic E-state index is 13.2. The summed E-state index contributed by atoms with van der Waals surface area (Å²) in [5, 5.41) is 2.71. The second-order valence-electron chi connectivity index (χ2n) is 5.87. The molecule has 0 aliphatic heterocycles. The number of thioether (sulfide) groups is 1. The van der Waals surface area contributed by atoms with E-state index in [4.69, 9.17) is 0 Å². The molecule has 0 unspecified atom stereocenters. The van der Waals surface area contributed by atoms with E-state index >= 15 is 0 Å². The van der Waals surface area contributed by atoms with Gasteiger partial charge in [-0.05, 0) is 35.9 Å². The average Bonchev–Trinajstić information content (AvgIpc) is 2.68. The number of benzene rings is 2. The zero-order valence-electron chi connectivity index (χ0n) is 15.6. The number of nitrogens with one attached hydrogen (secondary N) is 1. The van der Waals surface area contributed by atoms with E-state index in [9.17, 15) is 22.0 Å². The largest absolute Gasteiger partial charge is 0.351 e. The van der Waals surface area contributed by atoms with Crippen molar-refractivity contribution in [2.75, 3.05) is 18.8 Å². The van der Waals surface area contributed by atoms with Crippen LogP contribution in [0, 0.1) is 11.6 Å². The number of halogens is 2. The number of carbonyl (C=O) groups excluding carboxylic acids is 1. The smallest absolute Gasteiger partial charge is 0.243 e. The number of nitrogens with zero attached hydrogens (tertiary/aromatic N) is 1. The number of sulfonamides is 1. The third-order valence-corrected chi connectivity index (χ3v) is 7.08. The first kappa shape index (κ1) is 22.3. The van der Waals surface area contributed by atoms with Crippen molar-refractivity contribution in [3.05, 3.63) is 59.7 Å².